The summed E-state index contributed by atoms with van der Waals surface area (Å²) < 4.78 is 0. The van der Waals surface area contributed by atoms with Gasteiger partial charge in [-0.3, -0.25) is 14.7 Å². The van der Waals surface area contributed by atoms with Gasteiger partial charge in [-0.1, -0.05) is 49.4 Å². The Morgan fingerprint density at radius 3 is 2.39 bits per heavy atom. The SMILES string of the molecule is CCNC(=NCCc1cccc(C(=O)N(C)C)c1)N1CCN(C(CC)c2ccccc2)CC1. The number of hydrogen-bond donors (Lipinski definition) is 1. The van der Waals surface area contributed by atoms with E-state index >= 15 is 0 Å². The van der Waals surface area contributed by atoms with Crippen LogP contribution in [0, 0.1) is 0 Å². The molecule has 0 saturated carbocycles. The number of amides is 1. The zero-order valence-corrected chi connectivity index (χ0v) is 20.6. The zero-order chi connectivity index (χ0) is 23.6. The lowest BCUT2D eigenvalue weighted by Gasteiger charge is -2.40. The van der Waals surface area contributed by atoms with Crippen molar-refractivity contribution in [2.24, 2.45) is 4.99 Å². The maximum atomic E-state index is 12.2. The van der Waals surface area contributed by atoms with E-state index in [1.165, 1.54) is 5.56 Å². The van der Waals surface area contributed by atoms with Gasteiger partial charge in [0.2, 0.25) is 0 Å². The molecule has 3 rings (SSSR count). The Kier molecular flexibility index (Phi) is 9.31. The van der Waals surface area contributed by atoms with E-state index in [-0.39, 0.29) is 5.91 Å². The number of piperazine rings is 1. The Morgan fingerprint density at radius 2 is 1.76 bits per heavy atom. The number of carbonyl (C=O) groups is 1. The van der Waals surface area contributed by atoms with Gasteiger partial charge < -0.3 is 15.1 Å². The fourth-order valence-corrected chi connectivity index (χ4v) is 4.46. The van der Waals surface area contributed by atoms with Crippen LogP contribution >= 0.6 is 0 Å². The summed E-state index contributed by atoms with van der Waals surface area (Å²) in [6.45, 7) is 9.96. The van der Waals surface area contributed by atoms with Crippen LogP contribution in [0.1, 0.15) is 47.8 Å². The van der Waals surface area contributed by atoms with Crippen molar-refractivity contribution in [1.29, 1.82) is 0 Å². The highest BCUT2D eigenvalue weighted by molar-refractivity contribution is 5.94. The van der Waals surface area contributed by atoms with Gasteiger partial charge in [0.1, 0.15) is 0 Å². The molecular formula is C27H39N5O. The third-order valence-electron chi connectivity index (χ3n) is 6.20. The van der Waals surface area contributed by atoms with Crippen LogP contribution in [0.2, 0.25) is 0 Å². The first kappa shape index (κ1) is 24.8. The van der Waals surface area contributed by atoms with E-state index in [0.717, 1.165) is 62.7 Å². The van der Waals surface area contributed by atoms with Gasteiger partial charge in [-0.2, -0.15) is 0 Å². The second kappa shape index (κ2) is 12.4. The summed E-state index contributed by atoms with van der Waals surface area (Å²) in [7, 11) is 3.56. The normalized spacial score (nSPS) is 15.9. The summed E-state index contributed by atoms with van der Waals surface area (Å²) >= 11 is 0. The molecule has 6 nitrogen and oxygen atoms in total. The van der Waals surface area contributed by atoms with E-state index in [2.05, 4.69) is 65.4 Å². The number of nitrogens with zero attached hydrogens (tertiary/aromatic N) is 4. The number of carbonyl (C=O) groups excluding carboxylic acids is 1. The Morgan fingerprint density at radius 1 is 1.03 bits per heavy atom. The first-order chi connectivity index (χ1) is 16.0. The molecule has 2 aromatic rings. The summed E-state index contributed by atoms with van der Waals surface area (Å²) in [6, 6.07) is 19.2. The molecule has 1 unspecified atom stereocenters. The summed E-state index contributed by atoms with van der Waals surface area (Å²) in [6.07, 6.45) is 1.93. The quantitative estimate of drug-likeness (QED) is 0.494. The van der Waals surface area contributed by atoms with Crippen LogP contribution in [0.4, 0.5) is 0 Å². The minimum Gasteiger partial charge on any atom is -0.357 e. The number of guanidine groups is 1. The zero-order valence-electron chi connectivity index (χ0n) is 20.6. The lowest BCUT2D eigenvalue weighted by Crippen LogP contribution is -2.53. The van der Waals surface area contributed by atoms with Crippen LogP contribution in [-0.4, -0.2) is 79.9 Å². The van der Waals surface area contributed by atoms with E-state index in [0.29, 0.717) is 12.6 Å². The third-order valence-corrected chi connectivity index (χ3v) is 6.20. The Balaban J connectivity index is 1.58. The van der Waals surface area contributed by atoms with Crippen molar-refractivity contribution in [3.05, 3.63) is 71.3 Å². The van der Waals surface area contributed by atoms with Crippen molar-refractivity contribution in [2.75, 3.05) is 53.4 Å². The first-order valence-corrected chi connectivity index (χ1v) is 12.2. The van der Waals surface area contributed by atoms with Gasteiger partial charge >= 0.3 is 0 Å². The van der Waals surface area contributed by atoms with Crippen LogP contribution in [-0.2, 0) is 6.42 Å². The molecule has 1 heterocycles. The highest BCUT2D eigenvalue weighted by Gasteiger charge is 2.25. The highest BCUT2D eigenvalue weighted by Crippen LogP contribution is 2.25. The maximum Gasteiger partial charge on any atom is 0.253 e. The minimum absolute atomic E-state index is 0.0347. The second-order valence-electron chi connectivity index (χ2n) is 8.74. The molecule has 2 aromatic carbocycles. The van der Waals surface area contributed by atoms with Crippen molar-refractivity contribution in [2.45, 2.75) is 32.7 Å². The first-order valence-electron chi connectivity index (χ1n) is 12.2. The standard InChI is InChI=1S/C27H39N5O/c1-5-25(23-12-8-7-9-13-23)31-17-19-32(20-18-31)27(28-6-2)29-16-15-22-11-10-14-24(21-22)26(33)30(3)4/h7-14,21,25H,5-6,15-20H2,1-4H3,(H,28,29). The molecular weight excluding hydrogens is 410 g/mol. The second-order valence-corrected chi connectivity index (χ2v) is 8.74. The van der Waals surface area contributed by atoms with Crippen LogP contribution < -0.4 is 5.32 Å². The molecule has 0 aromatic heterocycles. The van der Waals surface area contributed by atoms with E-state index in [4.69, 9.17) is 4.99 Å². The van der Waals surface area contributed by atoms with Crippen molar-refractivity contribution in [3.8, 4) is 0 Å². The molecule has 1 atom stereocenters. The number of benzene rings is 2. The molecule has 0 spiro atoms. The average Bonchev–Trinajstić information content (AvgIpc) is 2.85. The molecule has 6 heteroatoms. The van der Waals surface area contributed by atoms with E-state index < -0.39 is 0 Å². The summed E-state index contributed by atoms with van der Waals surface area (Å²) in [5, 5.41) is 3.47. The predicted molar refractivity (Wildman–Crippen MR) is 137 cm³/mol. The highest BCUT2D eigenvalue weighted by atomic mass is 16.2. The van der Waals surface area contributed by atoms with Gasteiger partial charge in [0.25, 0.3) is 5.91 Å². The molecule has 1 amide bonds. The smallest absolute Gasteiger partial charge is 0.253 e. The minimum atomic E-state index is 0.0347. The van der Waals surface area contributed by atoms with Crippen molar-refractivity contribution in [1.82, 2.24) is 20.0 Å². The fraction of sp³-hybridized carbons (Fsp3) is 0.481. The van der Waals surface area contributed by atoms with Gasteiger partial charge in [-0.15, -0.1) is 0 Å². The number of nitrogens with one attached hydrogen (secondary N) is 1. The monoisotopic (exact) mass is 449 g/mol. The third kappa shape index (κ3) is 6.81. The number of aliphatic imine (C=N–C) groups is 1. The van der Waals surface area contributed by atoms with E-state index in [1.807, 2.05) is 18.2 Å². The summed E-state index contributed by atoms with van der Waals surface area (Å²) in [4.78, 5) is 23.7. The molecule has 0 aliphatic carbocycles. The van der Waals surface area contributed by atoms with Crippen LogP contribution in [0.25, 0.3) is 0 Å². The number of hydrogen-bond acceptors (Lipinski definition) is 3. The molecule has 33 heavy (non-hydrogen) atoms. The predicted octanol–water partition coefficient (Wildman–Crippen LogP) is 3.67. The van der Waals surface area contributed by atoms with Gasteiger partial charge in [0, 0.05) is 65.0 Å². The Bertz CT molecular complexity index is 904. The molecule has 1 saturated heterocycles. The van der Waals surface area contributed by atoms with E-state index in [9.17, 15) is 4.79 Å². The molecule has 1 fully saturated rings. The lowest BCUT2D eigenvalue weighted by molar-refractivity contribution is 0.0827. The Labute approximate surface area is 199 Å². The largest absolute Gasteiger partial charge is 0.357 e. The van der Waals surface area contributed by atoms with Crippen molar-refractivity contribution in [3.63, 3.8) is 0 Å². The molecule has 178 valence electrons. The average molecular weight is 450 g/mol. The lowest BCUT2D eigenvalue weighted by atomic mass is 10.0. The van der Waals surface area contributed by atoms with Crippen LogP contribution in [0.5, 0.6) is 0 Å². The fourth-order valence-electron chi connectivity index (χ4n) is 4.46. The molecule has 1 aliphatic heterocycles. The van der Waals surface area contributed by atoms with Gasteiger partial charge in [-0.25, -0.2) is 0 Å². The molecule has 0 radical (unpaired) electrons. The van der Waals surface area contributed by atoms with E-state index in [1.54, 1.807) is 19.0 Å². The summed E-state index contributed by atoms with van der Waals surface area (Å²) in [5.41, 5.74) is 3.28. The topological polar surface area (TPSA) is 51.2 Å². The van der Waals surface area contributed by atoms with Gasteiger partial charge in [-0.05, 0) is 43.0 Å². The maximum absolute atomic E-state index is 12.2. The van der Waals surface area contributed by atoms with Crippen LogP contribution in [0.15, 0.2) is 59.6 Å². The van der Waals surface area contributed by atoms with Crippen LogP contribution in [0.3, 0.4) is 0 Å². The summed E-state index contributed by atoms with van der Waals surface area (Å²) in [5.74, 6) is 1.03. The molecule has 1 aliphatic rings. The van der Waals surface area contributed by atoms with Crippen molar-refractivity contribution >= 4 is 11.9 Å². The molecule has 1 N–H and O–H groups in total. The van der Waals surface area contributed by atoms with Crippen molar-refractivity contribution < 1.29 is 4.79 Å². The molecule has 0 bridgehead atoms. The van der Waals surface area contributed by atoms with Gasteiger partial charge in [0.15, 0.2) is 5.96 Å². The number of rotatable bonds is 8. The van der Waals surface area contributed by atoms with Gasteiger partial charge in [0.05, 0.1) is 0 Å². The Hall–Kier alpha value is -2.86.